The topological polar surface area (TPSA) is 16.3 Å². The molecule has 0 aliphatic rings. The Hall–Kier alpha value is -15.4. The lowest BCUT2D eigenvalue weighted by Gasteiger charge is -2.26. The maximum Gasteiger partial charge on any atom is 0.0541 e. The molecule has 0 atom stereocenters. The number of aromatic nitrogens is 2. The Labute approximate surface area is 677 Å². The molecule has 0 N–H and O–H groups in total. The molecule has 20 aromatic rings. The largest absolute Gasteiger partial charge is 0.311 e. The van der Waals surface area contributed by atoms with Crippen molar-refractivity contribution in [2.45, 2.75) is 0 Å². The number of nitrogens with zero attached hydrogens (tertiary/aromatic N) is 4. The molecule has 0 fully saturated rings. The third-order valence-corrected chi connectivity index (χ3v) is 22.0. The summed E-state index contributed by atoms with van der Waals surface area (Å²) >= 11 is 0. The highest BCUT2D eigenvalue weighted by Gasteiger charge is 2.21. The first-order valence-electron chi connectivity index (χ1n) is 39.7. The summed E-state index contributed by atoms with van der Waals surface area (Å²) < 4.78 is 4.82. The minimum atomic E-state index is 1.09. The van der Waals surface area contributed by atoms with Gasteiger partial charge in [-0.15, -0.1) is 0 Å². The molecule has 0 saturated heterocycles. The van der Waals surface area contributed by atoms with Crippen LogP contribution in [0.2, 0.25) is 0 Å². The van der Waals surface area contributed by atoms with E-state index in [2.05, 4.69) is 492 Å². The van der Waals surface area contributed by atoms with Gasteiger partial charge in [-0.1, -0.05) is 340 Å². The van der Waals surface area contributed by atoms with Crippen molar-refractivity contribution in [3.8, 4) is 78.1 Å². The number of benzene rings is 18. The molecule has 548 valence electrons. The van der Waals surface area contributed by atoms with Gasteiger partial charge < -0.3 is 18.9 Å². The van der Waals surface area contributed by atoms with Gasteiger partial charge in [-0.3, -0.25) is 0 Å². The monoisotopic (exact) mass is 1480 g/mol. The molecule has 2 aromatic heterocycles. The third kappa shape index (κ3) is 15.0. The highest BCUT2D eigenvalue weighted by atomic mass is 15.1. The zero-order chi connectivity index (χ0) is 77.4. The molecule has 4 heteroatoms. The molecule has 0 aliphatic heterocycles. The first-order valence-corrected chi connectivity index (χ1v) is 39.7. The molecule has 18 aromatic carbocycles. The minimum absolute atomic E-state index is 1.09. The van der Waals surface area contributed by atoms with Crippen molar-refractivity contribution in [3.63, 3.8) is 0 Å². The van der Waals surface area contributed by atoms with Crippen molar-refractivity contribution in [1.29, 1.82) is 0 Å². The van der Waals surface area contributed by atoms with Crippen LogP contribution in [0.4, 0.5) is 34.1 Å². The highest BCUT2D eigenvalue weighted by molar-refractivity contribution is 6.13. The van der Waals surface area contributed by atoms with E-state index < -0.39 is 0 Å². The third-order valence-electron chi connectivity index (χ3n) is 22.0. The lowest BCUT2D eigenvalue weighted by molar-refractivity contribution is 1.17. The lowest BCUT2D eigenvalue weighted by atomic mass is 9.97. The summed E-state index contributed by atoms with van der Waals surface area (Å²) in [6, 6.07) is 166. The van der Waals surface area contributed by atoms with Gasteiger partial charge in [0.25, 0.3) is 0 Å². The Bertz CT molecular complexity index is 6570. The van der Waals surface area contributed by atoms with Gasteiger partial charge >= 0.3 is 0 Å². The molecule has 116 heavy (non-hydrogen) atoms. The van der Waals surface area contributed by atoms with Gasteiger partial charge in [-0.2, -0.15) is 0 Å². The number of hydrogen-bond donors (Lipinski definition) is 0. The van der Waals surface area contributed by atoms with Crippen molar-refractivity contribution in [2.75, 3.05) is 9.80 Å². The molecule has 4 nitrogen and oxygen atoms in total. The predicted molar refractivity (Wildman–Crippen MR) is 494 cm³/mol. The van der Waals surface area contributed by atoms with Crippen molar-refractivity contribution in [2.24, 2.45) is 0 Å². The Morgan fingerprint density at radius 2 is 0.328 bits per heavy atom. The van der Waals surface area contributed by atoms with Crippen LogP contribution in [0.3, 0.4) is 0 Å². The quantitative estimate of drug-likeness (QED) is 0.0796. The molecule has 0 saturated carbocycles. The predicted octanol–water partition coefficient (Wildman–Crippen LogP) is 30.8. The standard InChI is InChI=1S/C62H44N2.C50H36N2/c1-5-13-45(14-6-1)21-22-46-23-35-56(36-24-46)63(55-19-11-4-12-20-55)57-37-39-58(40-38-57)64-61-41-33-53(51-29-25-49(26-30-51)47-15-7-2-8-16-47)43-59(61)60-44-54(34-42-62(60)64)52-31-27-50(28-32-52)48-17-9-3-10-18-48;1-5-13-37(14-6-1)21-22-38-23-27-44(28-24-38)51(43-19-11-4-12-20-43)45-29-31-46(32-30-45)52-49-33-25-41(39-15-7-2-8-16-39)35-47(49)48-36-42(26-34-50(48)52)40-17-9-3-10-18-40/h1-44H;1-36H/b2*22-21+. The molecular formula is C112H80N4. The molecule has 0 spiro atoms. The molecule has 2 heterocycles. The van der Waals surface area contributed by atoms with Crippen LogP contribution in [0.25, 0.3) is 146 Å². The molecule has 0 aliphatic carbocycles. The van der Waals surface area contributed by atoms with E-state index in [1.165, 1.54) is 122 Å². The number of hydrogen-bond acceptors (Lipinski definition) is 2. The molecule has 0 unspecified atom stereocenters. The second kappa shape index (κ2) is 32.5. The average molecular weight is 1480 g/mol. The average Bonchev–Trinajstić information content (AvgIpc) is 1.59. The van der Waals surface area contributed by atoms with E-state index in [1.54, 1.807) is 0 Å². The SMILES string of the molecule is C(=C\c1ccc(N(c2ccccc2)c2ccc(-n3c4ccc(-c5ccc(-c6ccccc6)cc5)cc4c4cc(-c5ccc(-c6ccccc6)cc5)ccc43)cc2)cc1)/c1ccccc1.C(=C\c1ccc(N(c2ccccc2)c2ccc(-n3c4ccc(-c5ccccc5)cc4c4cc(-c5ccccc5)ccc43)cc2)cc1)/c1ccccc1. The second-order valence-corrected chi connectivity index (χ2v) is 29.3. The van der Waals surface area contributed by atoms with E-state index in [0.29, 0.717) is 0 Å². The van der Waals surface area contributed by atoms with E-state index in [4.69, 9.17) is 0 Å². The minimum Gasteiger partial charge on any atom is -0.311 e. The highest BCUT2D eigenvalue weighted by Crippen LogP contribution is 2.44. The summed E-state index contributed by atoms with van der Waals surface area (Å²) in [5, 5.41) is 4.92. The fraction of sp³-hybridized carbons (Fsp3) is 0. The fourth-order valence-electron chi connectivity index (χ4n) is 16.1. The van der Waals surface area contributed by atoms with Crippen molar-refractivity contribution in [3.05, 3.63) is 483 Å². The molecular weight excluding hydrogens is 1400 g/mol. The summed E-state index contributed by atoms with van der Waals surface area (Å²) in [7, 11) is 0. The molecule has 0 radical (unpaired) electrons. The van der Waals surface area contributed by atoms with Gasteiger partial charge in [0, 0.05) is 67.0 Å². The van der Waals surface area contributed by atoms with E-state index in [-0.39, 0.29) is 0 Å². The van der Waals surface area contributed by atoms with Gasteiger partial charge in [0.2, 0.25) is 0 Å². The summed E-state index contributed by atoms with van der Waals surface area (Å²) in [5.41, 5.74) is 32.8. The smallest absolute Gasteiger partial charge is 0.0541 e. The Morgan fingerprint density at radius 1 is 0.147 bits per heavy atom. The van der Waals surface area contributed by atoms with E-state index in [1.807, 2.05) is 12.1 Å². The van der Waals surface area contributed by atoms with Gasteiger partial charge in [-0.25, -0.2) is 0 Å². The molecule has 0 bridgehead atoms. The second-order valence-electron chi connectivity index (χ2n) is 29.3. The molecule has 20 rings (SSSR count). The summed E-state index contributed by atoms with van der Waals surface area (Å²) in [4.78, 5) is 4.64. The van der Waals surface area contributed by atoms with Crippen molar-refractivity contribution < 1.29 is 0 Å². The summed E-state index contributed by atoms with van der Waals surface area (Å²) in [6.07, 6.45) is 8.65. The van der Waals surface area contributed by atoms with Crippen LogP contribution in [0.1, 0.15) is 22.3 Å². The zero-order valence-electron chi connectivity index (χ0n) is 64.0. The van der Waals surface area contributed by atoms with E-state index in [9.17, 15) is 0 Å². The molecule has 0 amide bonds. The van der Waals surface area contributed by atoms with Crippen LogP contribution < -0.4 is 9.80 Å². The van der Waals surface area contributed by atoms with Gasteiger partial charge in [-0.05, 0) is 235 Å². The van der Waals surface area contributed by atoms with Crippen molar-refractivity contribution in [1.82, 2.24) is 9.13 Å². The van der Waals surface area contributed by atoms with Crippen LogP contribution in [0.15, 0.2) is 461 Å². The maximum atomic E-state index is 2.42. The number of anilines is 6. The van der Waals surface area contributed by atoms with Gasteiger partial charge in [0.1, 0.15) is 0 Å². The Morgan fingerprint density at radius 3 is 0.586 bits per heavy atom. The number of para-hydroxylation sites is 2. The van der Waals surface area contributed by atoms with E-state index in [0.717, 1.165) is 56.6 Å². The maximum absolute atomic E-state index is 2.42. The van der Waals surface area contributed by atoms with Gasteiger partial charge in [0.15, 0.2) is 0 Å². The van der Waals surface area contributed by atoms with Gasteiger partial charge in [0.05, 0.1) is 22.1 Å². The normalized spacial score (nSPS) is 11.4. The Balaban J connectivity index is 0.000000158. The van der Waals surface area contributed by atoms with Crippen LogP contribution >= 0.6 is 0 Å². The fourth-order valence-corrected chi connectivity index (χ4v) is 16.1. The zero-order valence-corrected chi connectivity index (χ0v) is 64.0. The summed E-state index contributed by atoms with van der Waals surface area (Å²) in [5.74, 6) is 0. The first-order chi connectivity index (χ1) is 57.5. The van der Waals surface area contributed by atoms with E-state index >= 15 is 0 Å². The van der Waals surface area contributed by atoms with Crippen LogP contribution in [0.5, 0.6) is 0 Å². The van der Waals surface area contributed by atoms with Crippen LogP contribution in [0, 0.1) is 0 Å². The number of rotatable bonds is 18. The van der Waals surface area contributed by atoms with Crippen molar-refractivity contribution >= 4 is 102 Å². The van der Waals surface area contributed by atoms with Crippen LogP contribution in [-0.2, 0) is 0 Å². The first kappa shape index (κ1) is 71.0. The Kier molecular flexibility index (Phi) is 19.9. The summed E-state index contributed by atoms with van der Waals surface area (Å²) in [6.45, 7) is 0. The lowest BCUT2D eigenvalue weighted by Crippen LogP contribution is -2.10. The number of fused-ring (bicyclic) bond motifs is 6. The van der Waals surface area contributed by atoms with Crippen LogP contribution in [-0.4, -0.2) is 9.13 Å².